The zero-order valence-corrected chi connectivity index (χ0v) is 12.7. The molecule has 0 atom stereocenters. The van der Waals surface area contributed by atoms with Gasteiger partial charge in [0.15, 0.2) is 5.57 Å². The number of ether oxygens (including phenoxy) is 1. The molecule has 0 aromatic heterocycles. The summed E-state index contributed by atoms with van der Waals surface area (Å²) in [6, 6.07) is 9.77. The van der Waals surface area contributed by atoms with Crippen LogP contribution in [0.2, 0.25) is 0 Å². The third-order valence-electron chi connectivity index (χ3n) is 2.72. The van der Waals surface area contributed by atoms with E-state index in [0.29, 0.717) is 5.03 Å². The summed E-state index contributed by atoms with van der Waals surface area (Å²) >= 11 is 1.31. The average molecular weight is 290 g/mol. The van der Waals surface area contributed by atoms with Crippen LogP contribution in [0, 0.1) is 11.3 Å². The fourth-order valence-electron chi connectivity index (χ4n) is 1.76. The van der Waals surface area contributed by atoms with Crippen molar-refractivity contribution in [2.75, 3.05) is 18.7 Å². The lowest BCUT2D eigenvalue weighted by Crippen LogP contribution is -2.10. The molecule has 0 aliphatic carbocycles. The Hall–Kier alpha value is -1.93. The predicted molar refractivity (Wildman–Crippen MR) is 82.2 cm³/mol. The van der Waals surface area contributed by atoms with Gasteiger partial charge in [-0.2, -0.15) is 5.26 Å². The Labute approximate surface area is 123 Å². The molecule has 0 radical (unpaired) electrons. The molecule has 0 spiro atoms. The van der Waals surface area contributed by atoms with Crippen LogP contribution < -0.4 is 5.32 Å². The molecule has 0 fully saturated rings. The zero-order chi connectivity index (χ0) is 15.0. The summed E-state index contributed by atoms with van der Waals surface area (Å²) in [5.41, 5.74) is 2.06. The number of thioether (sulfide) groups is 1. The normalized spacial score (nSPS) is 11.3. The van der Waals surface area contributed by atoms with Crippen molar-refractivity contribution in [3.63, 3.8) is 0 Å². The summed E-state index contributed by atoms with van der Waals surface area (Å²) in [6.07, 6.45) is 3.77. The molecule has 5 heteroatoms. The van der Waals surface area contributed by atoms with E-state index in [1.165, 1.54) is 18.9 Å². The minimum absolute atomic E-state index is 0.00805. The summed E-state index contributed by atoms with van der Waals surface area (Å²) < 4.78 is 4.63. The molecule has 0 amide bonds. The Morgan fingerprint density at radius 3 is 2.70 bits per heavy atom. The van der Waals surface area contributed by atoms with Crippen LogP contribution in [0.4, 0.5) is 5.69 Å². The van der Waals surface area contributed by atoms with Gasteiger partial charge >= 0.3 is 5.97 Å². The molecule has 1 rings (SSSR count). The number of hydrogen-bond acceptors (Lipinski definition) is 5. The molecule has 20 heavy (non-hydrogen) atoms. The molecule has 0 aliphatic heterocycles. The number of carbonyl (C=O) groups excluding carboxylic acids is 1. The van der Waals surface area contributed by atoms with Crippen LogP contribution in [0.3, 0.4) is 0 Å². The SMILES string of the molecule is CCCc1ccccc1N/C(SC)=C(\C#N)C(=O)OC. The van der Waals surface area contributed by atoms with Crippen molar-refractivity contribution in [3.8, 4) is 6.07 Å². The van der Waals surface area contributed by atoms with Crippen molar-refractivity contribution in [1.82, 2.24) is 0 Å². The minimum Gasteiger partial charge on any atom is -0.465 e. The van der Waals surface area contributed by atoms with Crippen molar-refractivity contribution in [3.05, 3.63) is 40.4 Å². The molecule has 106 valence electrons. The Balaban J connectivity index is 3.14. The molecule has 4 nitrogen and oxygen atoms in total. The van der Waals surface area contributed by atoms with Crippen molar-refractivity contribution in [2.45, 2.75) is 19.8 Å². The molecule has 0 saturated carbocycles. The van der Waals surface area contributed by atoms with Crippen LogP contribution in [0.5, 0.6) is 0 Å². The third kappa shape index (κ3) is 4.04. The van der Waals surface area contributed by atoms with E-state index in [1.54, 1.807) is 0 Å². The number of methoxy groups -OCH3 is 1. The van der Waals surface area contributed by atoms with Crippen LogP contribution in [-0.2, 0) is 16.0 Å². The van der Waals surface area contributed by atoms with Gasteiger partial charge in [0, 0.05) is 5.69 Å². The van der Waals surface area contributed by atoms with Gasteiger partial charge in [-0.1, -0.05) is 31.5 Å². The van der Waals surface area contributed by atoms with Gasteiger partial charge in [0.1, 0.15) is 6.07 Å². The number of hydrogen-bond donors (Lipinski definition) is 1. The zero-order valence-electron chi connectivity index (χ0n) is 11.9. The number of aryl methyl sites for hydroxylation is 1. The molecule has 0 saturated heterocycles. The molecule has 0 bridgehead atoms. The molecule has 1 N–H and O–H groups in total. The van der Waals surface area contributed by atoms with Gasteiger partial charge in [-0.3, -0.25) is 0 Å². The van der Waals surface area contributed by atoms with E-state index >= 15 is 0 Å². The van der Waals surface area contributed by atoms with Crippen LogP contribution in [-0.4, -0.2) is 19.3 Å². The van der Waals surface area contributed by atoms with Gasteiger partial charge < -0.3 is 10.1 Å². The number of esters is 1. The first kappa shape index (κ1) is 16.1. The maximum atomic E-state index is 11.6. The molecular formula is C15H18N2O2S. The topological polar surface area (TPSA) is 62.1 Å². The highest BCUT2D eigenvalue weighted by Crippen LogP contribution is 2.24. The van der Waals surface area contributed by atoms with Gasteiger partial charge in [0.2, 0.25) is 0 Å². The van der Waals surface area contributed by atoms with E-state index < -0.39 is 5.97 Å². The summed E-state index contributed by atoms with van der Waals surface area (Å²) in [5, 5.41) is 12.8. The number of rotatable bonds is 6. The van der Waals surface area contributed by atoms with Crippen molar-refractivity contribution >= 4 is 23.4 Å². The van der Waals surface area contributed by atoms with E-state index in [-0.39, 0.29) is 5.57 Å². The fourth-order valence-corrected chi connectivity index (χ4v) is 2.30. The van der Waals surface area contributed by atoms with Crippen molar-refractivity contribution < 1.29 is 9.53 Å². The molecule has 1 aromatic rings. The first-order valence-electron chi connectivity index (χ1n) is 6.29. The molecular weight excluding hydrogens is 272 g/mol. The third-order valence-corrected chi connectivity index (χ3v) is 3.43. The fraction of sp³-hybridized carbons (Fsp3) is 0.333. The van der Waals surface area contributed by atoms with Crippen molar-refractivity contribution in [2.24, 2.45) is 0 Å². The molecule has 1 aromatic carbocycles. The van der Waals surface area contributed by atoms with Crippen LogP contribution in [0.15, 0.2) is 34.9 Å². The van der Waals surface area contributed by atoms with Crippen LogP contribution >= 0.6 is 11.8 Å². The molecule has 0 unspecified atom stereocenters. The van der Waals surface area contributed by atoms with Crippen molar-refractivity contribution in [1.29, 1.82) is 5.26 Å². The number of carbonyl (C=O) groups is 1. The first-order chi connectivity index (χ1) is 9.67. The lowest BCUT2D eigenvalue weighted by Gasteiger charge is -2.14. The maximum absolute atomic E-state index is 11.6. The smallest absolute Gasteiger partial charge is 0.351 e. The van der Waals surface area contributed by atoms with E-state index in [9.17, 15) is 4.79 Å². The van der Waals surface area contributed by atoms with Crippen LogP contribution in [0.1, 0.15) is 18.9 Å². The number of nitrogens with one attached hydrogen (secondary N) is 1. The standard InChI is InChI=1S/C15H18N2O2S/c1-4-7-11-8-5-6-9-13(11)17-14(20-3)12(10-16)15(18)19-2/h5-6,8-9,17H,4,7H2,1-3H3/b14-12-. The lowest BCUT2D eigenvalue weighted by molar-refractivity contribution is -0.135. The van der Waals surface area contributed by atoms with Gasteiger partial charge in [-0.15, -0.1) is 11.8 Å². The Bertz CT molecular complexity index is 547. The Morgan fingerprint density at radius 1 is 1.45 bits per heavy atom. The van der Waals surface area contributed by atoms with E-state index in [0.717, 1.165) is 24.1 Å². The second-order valence-corrected chi connectivity index (χ2v) is 4.86. The van der Waals surface area contributed by atoms with Gasteiger partial charge in [-0.25, -0.2) is 4.79 Å². The Morgan fingerprint density at radius 2 is 2.15 bits per heavy atom. The minimum atomic E-state index is -0.627. The summed E-state index contributed by atoms with van der Waals surface area (Å²) in [5.74, 6) is -0.627. The van der Waals surface area contributed by atoms with Gasteiger partial charge in [0.25, 0.3) is 0 Å². The van der Waals surface area contributed by atoms with Crippen LogP contribution in [0.25, 0.3) is 0 Å². The van der Waals surface area contributed by atoms with Gasteiger partial charge in [0.05, 0.1) is 12.1 Å². The maximum Gasteiger partial charge on any atom is 0.351 e. The molecule has 0 aliphatic rings. The highest BCUT2D eigenvalue weighted by atomic mass is 32.2. The quantitative estimate of drug-likeness (QED) is 0.494. The van der Waals surface area contributed by atoms with E-state index in [1.807, 2.05) is 36.6 Å². The second kappa shape index (κ2) is 8.28. The summed E-state index contributed by atoms with van der Waals surface area (Å²) in [4.78, 5) is 11.6. The number of anilines is 1. The first-order valence-corrected chi connectivity index (χ1v) is 7.52. The second-order valence-electron chi connectivity index (χ2n) is 4.04. The van der Waals surface area contributed by atoms with E-state index in [4.69, 9.17) is 5.26 Å². The lowest BCUT2D eigenvalue weighted by atomic mass is 10.1. The average Bonchev–Trinajstić information content (AvgIpc) is 2.48. The monoisotopic (exact) mass is 290 g/mol. The van der Waals surface area contributed by atoms with E-state index in [2.05, 4.69) is 17.0 Å². The Kier molecular flexibility index (Phi) is 6.68. The number of para-hydroxylation sites is 1. The molecule has 0 heterocycles. The highest BCUT2D eigenvalue weighted by molar-refractivity contribution is 8.02. The number of nitriles is 1. The summed E-state index contributed by atoms with van der Waals surface area (Å²) in [6.45, 7) is 2.11. The highest BCUT2D eigenvalue weighted by Gasteiger charge is 2.16. The number of nitrogens with zero attached hydrogens (tertiary/aromatic N) is 1. The van der Waals surface area contributed by atoms with Gasteiger partial charge in [-0.05, 0) is 24.3 Å². The largest absolute Gasteiger partial charge is 0.465 e. The number of benzene rings is 1. The predicted octanol–water partition coefficient (Wildman–Crippen LogP) is 3.32. The summed E-state index contributed by atoms with van der Waals surface area (Å²) in [7, 11) is 1.27.